The van der Waals surface area contributed by atoms with Gasteiger partial charge in [0.05, 0.1) is 24.2 Å². The molecule has 0 spiro atoms. The molecule has 2 aliphatic heterocycles. The Morgan fingerprint density at radius 2 is 1.63 bits per heavy atom. The van der Waals surface area contributed by atoms with Crippen molar-refractivity contribution in [1.82, 2.24) is 30.5 Å². The number of nitrogens with one attached hydrogen (secondary N) is 4. The maximum absolute atomic E-state index is 14.4. The summed E-state index contributed by atoms with van der Waals surface area (Å²) in [5, 5.41) is 10.8. The second-order valence-electron chi connectivity index (χ2n) is 16.8. The second kappa shape index (κ2) is 14.6. The molecule has 4 N–H and O–H groups in total. The van der Waals surface area contributed by atoms with Gasteiger partial charge in [0.1, 0.15) is 17.0 Å². The van der Waals surface area contributed by atoms with Gasteiger partial charge in [-0.15, -0.1) is 6.58 Å². The Bertz CT molecular complexity index is 1740. The van der Waals surface area contributed by atoms with Crippen LogP contribution in [0.15, 0.2) is 41.8 Å². The van der Waals surface area contributed by atoms with Crippen molar-refractivity contribution in [2.45, 2.75) is 104 Å². The molecule has 0 radical (unpaired) electrons. The van der Waals surface area contributed by atoms with E-state index in [0.29, 0.717) is 6.42 Å². The number of fused-ring (bicyclic) bond motifs is 2. The third-order valence-corrected chi connectivity index (χ3v) is 12.4. The number of urea groups is 1. The van der Waals surface area contributed by atoms with Crippen LogP contribution in [0.25, 0.3) is 0 Å². The highest BCUT2D eigenvalue weighted by atomic mass is 32.2. The maximum atomic E-state index is 14.4. The summed E-state index contributed by atoms with van der Waals surface area (Å²) in [7, 11) is -4.14. The van der Waals surface area contributed by atoms with E-state index >= 15 is 0 Å². The molecule has 1 aromatic rings. The normalized spacial score (nSPS) is 23.0. The molecule has 1 saturated carbocycles. The number of carbonyl (C=O) groups excluding carboxylic acids is 6. The van der Waals surface area contributed by atoms with Gasteiger partial charge in [-0.2, -0.15) is 0 Å². The van der Waals surface area contributed by atoms with E-state index in [1.807, 2.05) is 20.8 Å². The number of piperidine rings is 1. The molecule has 2 heterocycles. The minimum atomic E-state index is -4.14. The second-order valence-corrected chi connectivity index (χ2v) is 18.6. The number of benzene rings is 1. The third-order valence-electron chi connectivity index (χ3n) is 10.6. The van der Waals surface area contributed by atoms with E-state index < -0.39 is 80.5 Å². The third kappa shape index (κ3) is 7.88. The number of hydrogen-bond donors (Lipinski definition) is 4. The van der Waals surface area contributed by atoms with E-state index in [0.717, 1.165) is 4.31 Å². The summed E-state index contributed by atoms with van der Waals surface area (Å²) in [5.41, 5.74) is -1.75. The van der Waals surface area contributed by atoms with Gasteiger partial charge >= 0.3 is 6.03 Å². The standard InChI is InChI=1S/C37H54N6O8S/c1-11-15-23(28(44)31(46)38-18-12-2)39-30(45)27-26-22(37(26,9)10)19-42(27)33(48)29(36(6,7)8)41-34(49)40-25(35(3,4)5)20-43-32(47)21-16-13-14-17-24(21)52(43,50)51/h12-14,16-17,22-23,25-27,29H,2,11,15,18-20H2,1,3-10H3,(H,38,46)(H,39,45)(H2,40,41,49)/t22-,23?,25+,26-,27-,29+/m0/s1. The van der Waals surface area contributed by atoms with Crippen LogP contribution in [0.4, 0.5) is 4.79 Å². The van der Waals surface area contributed by atoms with Gasteiger partial charge in [0.2, 0.25) is 17.6 Å². The van der Waals surface area contributed by atoms with E-state index in [9.17, 15) is 37.2 Å². The Balaban J connectivity index is 1.54. The predicted molar refractivity (Wildman–Crippen MR) is 194 cm³/mol. The zero-order valence-corrected chi connectivity index (χ0v) is 32.5. The van der Waals surface area contributed by atoms with Crippen LogP contribution in [0.5, 0.6) is 0 Å². The number of amides is 6. The summed E-state index contributed by atoms with van der Waals surface area (Å²) >= 11 is 0. The first kappa shape index (κ1) is 40.5. The topological polar surface area (TPSA) is 191 Å². The molecule has 14 nitrogen and oxygen atoms in total. The fourth-order valence-electron chi connectivity index (χ4n) is 7.30. The van der Waals surface area contributed by atoms with Crippen LogP contribution in [-0.2, 0) is 29.2 Å². The van der Waals surface area contributed by atoms with Crippen molar-refractivity contribution in [1.29, 1.82) is 0 Å². The Morgan fingerprint density at radius 3 is 2.19 bits per heavy atom. The molecule has 6 amide bonds. The zero-order valence-electron chi connectivity index (χ0n) is 31.7. The van der Waals surface area contributed by atoms with Crippen molar-refractivity contribution in [3.63, 3.8) is 0 Å². The SMILES string of the molecule is C=CCNC(=O)C(=O)C(CCC)NC(=O)[C@@H]1[C@@H]2[C@H](CN1C(=O)[C@@H](NC(=O)N[C@H](CN1C(=O)c3ccccc3S1(=O)=O)C(C)(C)C)C(C)(C)C)C2(C)C. The molecule has 1 saturated heterocycles. The van der Waals surface area contributed by atoms with E-state index in [-0.39, 0.29) is 53.8 Å². The summed E-state index contributed by atoms with van der Waals surface area (Å²) < 4.78 is 27.4. The van der Waals surface area contributed by atoms with Crippen molar-refractivity contribution >= 4 is 45.5 Å². The maximum Gasteiger partial charge on any atom is 0.315 e. The summed E-state index contributed by atoms with van der Waals surface area (Å²) in [6, 6.07) is 1.18. The number of sulfonamides is 1. The Labute approximate surface area is 306 Å². The number of Topliss-reactive ketones (excluding diaryl/α,β-unsaturated/α-hetero) is 1. The molecular formula is C37H54N6O8S. The fraction of sp³-hybridized carbons (Fsp3) is 0.622. The molecule has 0 bridgehead atoms. The van der Waals surface area contributed by atoms with Crippen LogP contribution in [0.2, 0.25) is 0 Å². The van der Waals surface area contributed by atoms with Gasteiger partial charge in [-0.1, -0.05) is 86.9 Å². The summed E-state index contributed by atoms with van der Waals surface area (Å²) in [4.78, 5) is 82.2. The highest BCUT2D eigenvalue weighted by molar-refractivity contribution is 7.90. The Morgan fingerprint density at radius 1 is 1.00 bits per heavy atom. The van der Waals surface area contributed by atoms with Crippen LogP contribution < -0.4 is 21.3 Å². The van der Waals surface area contributed by atoms with Gasteiger partial charge in [-0.25, -0.2) is 17.5 Å². The molecule has 15 heteroatoms. The molecule has 3 aliphatic rings. The number of carbonyl (C=O) groups is 6. The predicted octanol–water partition coefficient (Wildman–Crippen LogP) is 2.60. The van der Waals surface area contributed by atoms with Crippen molar-refractivity contribution in [2.75, 3.05) is 19.6 Å². The van der Waals surface area contributed by atoms with E-state index in [1.54, 1.807) is 47.6 Å². The number of ketones is 1. The highest BCUT2D eigenvalue weighted by Gasteiger charge is 2.70. The molecule has 6 atom stereocenters. The van der Waals surface area contributed by atoms with Crippen molar-refractivity contribution in [2.24, 2.45) is 28.1 Å². The monoisotopic (exact) mass is 742 g/mol. The average molecular weight is 743 g/mol. The minimum Gasteiger partial charge on any atom is -0.346 e. The van der Waals surface area contributed by atoms with Gasteiger partial charge < -0.3 is 26.2 Å². The molecule has 4 rings (SSSR count). The van der Waals surface area contributed by atoms with Crippen LogP contribution in [0.3, 0.4) is 0 Å². The molecule has 52 heavy (non-hydrogen) atoms. The van der Waals surface area contributed by atoms with Gasteiger partial charge in [0.15, 0.2) is 0 Å². The number of likely N-dealkylation sites (tertiary alicyclic amines) is 1. The summed E-state index contributed by atoms with van der Waals surface area (Å²) in [6.45, 7) is 20.1. The smallest absolute Gasteiger partial charge is 0.315 e. The molecule has 1 aromatic carbocycles. The van der Waals surface area contributed by atoms with Crippen molar-refractivity contribution in [3.05, 3.63) is 42.5 Å². The summed E-state index contributed by atoms with van der Waals surface area (Å²) in [6.07, 6.45) is 2.18. The molecule has 286 valence electrons. The average Bonchev–Trinajstić information content (AvgIpc) is 3.31. The van der Waals surface area contributed by atoms with Crippen molar-refractivity contribution in [3.8, 4) is 0 Å². The van der Waals surface area contributed by atoms with Gasteiger partial charge in [-0.05, 0) is 46.6 Å². The largest absolute Gasteiger partial charge is 0.346 e. The van der Waals surface area contributed by atoms with E-state index in [2.05, 4.69) is 27.8 Å². The molecule has 1 unspecified atom stereocenters. The summed E-state index contributed by atoms with van der Waals surface area (Å²) in [5.74, 6) is -3.54. The van der Waals surface area contributed by atoms with E-state index in [1.165, 1.54) is 29.2 Å². The van der Waals surface area contributed by atoms with Crippen LogP contribution in [-0.4, -0.2) is 96.9 Å². The minimum absolute atomic E-state index is 0.00667. The van der Waals surface area contributed by atoms with Crippen molar-refractivity contribution < 1.29 is 37.2 Å². The Kier molecular flexibility index (Phi) is 11.4. The van der Waals surface area contributed by atoms with E-state index in [4.69, 9.17) is 0 Å². The van der Waals surface area contributed by atoms with Gasteiger partial charge in [-0.3, -0.25) is 24.0 Å². The first-order valence-corrected chi connectivity index (χ1v) is 19.2. The van der Waals surface area contributed by atoms with Gasteiger partial charge in [0, 0.05) is 13.1 Å². The molecule has 1 aliphatic carbocycles. The van der Waals surface area contributed by atoms with Crippen LogP contribution >= 0.6 is 0 Å². The lowest BCUT2D eigenvalue weighted by Gasteiger charge is -2.39. The Hall–Kier alpha value is -4.27. The highest BCUT2D eigenvalue weighted by Crippen LogP contribution is 2.65. The first-order chi connectivity index (χ1) is 24.0. The van der Waals surface area contributed by atoms with Gasteiger partial charge in [0.25, 0.3) is 21.8 Å². The lowest BCUT2D eigenvalue weighted by Crippen LogP contribution is -2.62. The number of nitrogens with zero attached hydrogens (tertiary/aromatic N) is 2. The molecular weight excluding hydrogens is 689 g/mol. The lowest BCUT2D eigenvalue weighted by molar-refractivity contribution is -0.145. The quantitative estimate of drug-likeness (QED) is 0.175. The number of rotatable bonds is 13. The lowest BCUT2D eigenvalue weighted by atomic mass is 9.85. The fourth-order valence-corrected chi connectivity index (χ4v) is 8.88. The van der Waals surface area contributed by atoms with Crippen LogP contribution in [0, 0.1) is 28.1 Å². The zero-order chi connectivity index (χ0) is 39.1. The molecule has 2 fully saturated rings. The van der Waals surface area contributed by atoms with Crippen LogP contribution in [0.1, 0.15) is 85.5 Å². The number of hydrogen-bond acceptors (Lipinski definition) is 8. The molecule has 0 aromatic heterocycles. The first-order valence-electron chi connectivity index (χ1n) is 17.8.